The number of rotatable bonds is 5. The van der Waals surface area contributed by atoms with Gasteiger partial charge in [0, 0.05) is 28.0 Å². The van der Waals surface area contributed by atoms with Gasteiger partial charge in [0.15, 0.2) is 6.10 Å². The van der Waals surface area contributed by atoms with Crippen LogP contribution in [0, 0.1) is 0 Å². The molecule has 5 nitrogen and oxygen atoms in total. The number of hydrogen-bond acceptors (Lipinski definition) is 5. The lowest BCUT2D eigenvalue weighted by atomic mass is 10.0. The monoisotopic (exact) mass is 388 g/mol. The molecule has 1 unspecified atom stereocenters. The van der Waals surface area contributed by atoms with Gasteiger partial charge in [-0.15, -0.1) is 0 Å². The number of nitrogens with zero attached hydrogens (tertiary/aromatic N) is 2. The predicted molar refractivity (Wildman–Crippen MR) is 98.7 cm³/mol. The predicted octanol–water partition coefficient (Wildman–Crippen LogP) is 4.74. The molecule has 0 saturated heterocycles. The summed E-state index contributed by atoms with van der Waals surface area (Å²) in [6.07, 6.45) is 2.16. The molecule has 0 saturated carbocycles. The van der Waals surface area contributed by atoms with E-state index in [1.807, 2.05) is 30.3 Å². The summed E-state index contributed by atoms with van der Waals surface area (Å²) in [5, 5.41) is 1.17. The third kappa shape index (κ3) is 4.12. The molecule has 0 N–H and O–H groups in total. The van der Waals surface area contributed by atoms with Gasteiger partial charge in [0.1, 0.15) is 0 Å². The third-order valence-electron chi connectivity index (χ3n) is 3.63. The van der Waals surface area contributed by atoms with Crippen LogP contribution in [0.1, 0.15) is 27.6 Å². The minimum atomic E-state index is -0.537. The highest BCUT2D eigenvalue weighted by Crippen LogP contribution is 2.32. The molecule has 3 aromatic rings. The summed E-state index contributed by atoms with van der Waals surface area (Å²) in [7, 11) is 1.29. The smallest absolute Gasteiger partial charge is 0.341 e. The van der Waals surface area contributed by atoms with Crippen molar-refractivity contribution in [2.24, 2.45) is 0 Å². The van der Waals surface area contributed by atoms with Crippen LogP contribution in [0.4, 0.5) is 0 Å². The molecule has 0 bridgehead atoms. The van der Waals surface area contributed by atoms with Crippen LogP contribution in [-0.4, -0.2) is 23.0 Å². The fourth-order valence-electron chi connectivity index (χ4n) is 2.34. The second kappa shape index (κ2) is 8.17. The zero-order valence-electron chi connectivity index (χ0n) is 13.7. The molecule has 0 fully saturated rings. The first-order chi connectivity index (χ1) is 12.6. The SMILES string of the molecule is COC(=O)c1cnc(OC(c2ccc(Cl)cc2)c2ccccc2Cl)nc1. The Balaban J connectivity index is 1.95. The number of methoxy groups -OCH3 is 1. The van der Waals surface area contributed by atoms with Crippen LogP contribution >= 0.6 is 23.2 Å². The molecule has 0 aliphatic carbocycles. The Morgan fingerprint density at radius 2 is 1.65 bits per heavy atom. The van der Waals surface area contributed by atoms with Gasteiger partial charge in [-0.25, -0.2) is 14.8 Å². The first kappa shape index (κ1) is 18.2. The fourth-order valence-corrected chi connectivity index (χ4v) is 2.70. The van der Waals surface area contributed by atoms with E-state index in [1.165, 1.54) is 19.5 Å². The quantitative estimate of drug-likeness (QED) is 0.590. The van der Waals surface area contributed by atoms with Crippen molar-refractivity contribution in [3.63, 3.8) is 0 Å². The molecule has 132 valence electrons. The third-order valence-corrected chi connectivity index (χ3v) is 4.23. The Morgan fingerprint density at radius 3 is 2.27 bits per heavy atom. The molecule has 26 heavy (non-hydrogen) atoms. The Labute approximate surface area is 160 Å². The lowest BCUT2D eigenvalue weighted by Gasteiger charge is -2.20. The van der Waals surface area contributed by atoms with Crippen molar-refractivity contribution < 1.29 is 14.3 Å². The summed E-state index contributed by atoms with van der Waals surface area (Å²) in [5.74, 6) is -0.517. The Morgan fingerprint density at radius 1 is 1.00 bits per heavy atom. The zero-order valence-corrected chi connectivity index (χ0v) is 15.2. The number of benzene rings is 2. The van der Waals surface area contributed by atoms with Gasteiger partial charge in [-0.3, -0.25) is 0 Å². The van der Waals surface area contributed by atoms with Gasteiger partial charge < -0.3 is 9.47 Å². The number of hydrogen-bond donors (Lipinski definition) is 0. The lowest BCUT2D eigenvalue weighted by Crippen LogP contribution is -2.12. The van der Waals surface area contributed by atoms with Gasteiger partial charge in [0.25, 0.3) is 0 Å². The second-order valence-corrected chi connectivity index (χ2v) is 6.16. The first-order valence-electron chi connectivity index (χ1n) is 7.65. The number of esters is 1. The Bertz CT molecular complexity index is 899. The van der Waals surface area contributed by atoms with Crippen LogP contribution in [0.5, 0.6) is 6.01 Å². The highest BCUT2D eigenvalue weighted by Gasteiger charge is 2.20. The Kier molecular flexibility index (Phi) is 5.71. The molecule has 1 aromatic heterocycles. The van der Waals surface area contributed by atoms with E-state index in [-0.39, 0.29) is 11.6 Å². The molecule has 1 heterocycles. The molecular formula is C19H14Cl2N2O3. The van der Waals surface area contributed by atoms with E-state index in [9.17, 15) is 4.79 Å². The van der Waals surface area contributed by atoms with E-state index in [0.29, 0.717) is 10.0 Å². The molecule has 7 heteroatoms. The maximum absolute atomic E-state index is 11.5. The number of halogens is 2. The lowest BCUT2D eigenvalue weighted by molar-refractivity contribution is 0.0599. The zero-order chi connectivity index (χ0) is 18.5. The first-order valence-corrected chi connectivity index (χ1v) is 8.41. The largest absolute Gasteiger partial charge is 0.465 e. The van der Waals surface area contributed by atoms with Crippen LogP contribution in [0.25, 0.3) is 0 Å². The molecule has 0 spiro atoms. The molecule has 0 radical (unpaired) electrons. The number of aromatic nitrogens is 2. The molecule has 1 atom stereocenters. The summed E-state index contributed by atoms with van der Waals surface area (Å²) >= 11 is 12.3. The fraction of sp³-hybridized carbons (Fsp3) is 0.105. The van der Waals surface area contributed by atoms with E-state index in [4.69, 9.17) is 27.9 Å². The summed E-state index contributed by atoms with van der Waals surface area (Å²) in [5.41, 5.74) is 1.83. The molecule has 0 amide bonds. The highest BCUT2D eigenvalue weighted by molar-refractivity contribution is 6.31. The van der Waals surface area contributed by atoms with E-state index in [2.05, 4.69) is 14.7 Å². The van der Waals surface area contributed by atoms with Crippen LogP contribution < -0.4 is 4.74 Å². The van der Waals surface area contributed by atoms with Crippen LogP contribution in [-0.2, 0) is 4.74 Å². The average Bonchev–Trinajstić information content (AvgIpc) is 2.67. The summed E-state index contributed by atoms with van der Waals surface area (Å²) in [4.78, 5) is 19.7. The normalized spacial score (nSPS) is 11.7. The Hall–Kier alpha value is -2.63. The van der Waals surface area contributed by atoms with Gasteiger partial charge in [-0.2, -0.15) is 0 Å². The number of carbonyl (C=O) groups is 1. The van der Waals surface area contributed by atoms with Gasteiger partial charge >= 0.3 is 12.0 Å². The van der Waals surface area contributed by atoms with Gasteiger partial charge in [-0.05, 0) is 23.8 Å². The number of ether oxygens (including phenoxy) is 2. The van der Waals surface area contributed by atoms with Crippen molar-refractivity contribution in [1.82, 2.24) is 9.97 Å². The highest BCUT2D eigenvalue weighted by atomic mass is 35.5. The summed E-state index contributed by atoms with van der Waals surface area (Å²) in [6.45, 7) is 0. The summed E-state index contributed by atoms with van der Waals surface area (Å²) in [6, 6.07) is 14.7. The topological polar surface area (TPSA) is 61.3 Å². The number of carbonyl (C=O) groups excluding carboxylic acids is 1. The molecule has 0 aliphatic rings. The van der Waals surface area contributed by atoms with Crippen molar-refractivity contribution in [2.75, 3.05) is 7.11 Å². The van der Waals surface area contributed by atoms with Gasteiger partial charge in [0.2, 0.25) is 0 Å². The summed E-state index contributed by atoms with van der Waals surface area (Å²) < 4.78 is 10.6. The van der Waals surface area contributed by atoms with Gasteiger partial charge in [0.05, 0.1) is 12.7 Å². The maximum atomic E-state index is 11.5. The maximum Gasteiger partial charge on any atom is 0.341 e. The van der Waals surface area contributed by atoms with Crippen molar-refractivity contribution in [3.8, 4) is 6.01 Å². The van der Waals surface area contributed by atoms with E-state index < -0.39 is 12.1 Å². The average molecular weight is 389 g/mol. The standard InChI is InChI=1S/C19H14Cl2N2O3/c1-25-18(24)13-10-22-19(23-11-13)26-17(12-6-8-14(20)9-7-12)15-4-2-3-5-16(15)21/h2-11,17H,1H3. The van der Waals surface area contributed by atoms with Crippen molar-refractivity contribution in [2.45, 2.75) is 6.10 Å². The molecular weight excluding hydrogens is 375 g/mol. The van der Waals surface area contributed by atoms with Crippen LogP contribution in [0.3, 0.4) is 0 Å². The van der Waals surface area contributed by atoms with Crippen molar-refractivity contribution in [3.05, 3.63) is 87.7 Å². The molecule has 3 rings (SSSR count). The molecule has 0 aliphatic heterocycles. The van der Waals surface area contributed by atoms with Crippen LogP contribution in [0.15, 0.2) is 60.9 Å². The van der Waals surface area contributed by atoms with Crippen LogP contribution in [0.2, 0.25) is 10.0 Å². The van der Waals surface area contributed by atoms with Crippen molar-refractivity contribution >= 4 is 29.2 Å². The van der Waals surface area contributed by atoms with E-state index >= 15 is 0 Å². The van der Waals surface area contributed by atoms with Crippen molar-refractivity contribution in [1.29, 1.82) is 0 Å². The second-order valence-electron chi connectivity index (χ2n) is 5.32. The molecule has 2 aromatic carbocycles. The minimum Gasteiger partial charge on any atom is -0.465 e. The van der Waals surface area contributed by atoms with E-state index in [0.717, 1.165) is 11.1 Å². The van der Waals surface area contributed by atoms with Gasteiger partial charge in [-0.1, -0.05) is 53.5 Å². The minimum absolute atomic E-state index is 0.109. The van der Waals surface area contributed by atoms with E-state index in [1.54, 1.807) is 18.2 Å².